The standard InChI is InChI=1S/C13H17Br2ClO/c1-2-3-4-5-10-17-12-8-6-11(7-9-12)13(14,15)16/h6-9H,2-5,10H2,1H3. The lowest BCUT2D eigenvalue weighted by Crippen LogP contribution is -2.00. The lowest BCUT2D eigenvalue weighted by atomic mass is 10.2. The van der Waals surface area contributed by atoms with E-state index < -0.39 is 2.69 Å². The van der Waals surface area contributed by atoms with Gasteiger partial charge in [-0.1, -0.05) is 49.9 Å². The van der Waals surface area contributed by atoms with Crippen LogP contribution in [0.5, 0.6) is 5.75 Å². The van der Waals surface area contributed by atoms with Gasteiger partial charge in [-0.05, 0) is 56.0 Å². The lowest BCUT2D eigenvalue weighted by molar-refractivity contribution is 0.305. The van der Waals surface area contributed by atoms with Crippen LogP contribution in [0.2, 0.25) is 0 Å². The highest BCUT2D eigenvalue weighted by Gasteiger charge is 2.20. The molecule has 0 amide bonds. The van der Waals surface area contributed by atoms with E-state index in [9.17, 15) is 0 Å². The van der Waals surface area contributed by atoms with Crippen LogP contribution in [0.25, 0.3) is 0 Å². The van der Waals surface area contributed by atoms with Gasteiger partial charge in [0.25, 0.3) is 0 Å². The maximum absolute atomic E-state index is 6.06. The normalized spacial score (nSPS) is 11.5. The third-order valence-electron chi connectivity index (χ3n) is 2.45. The van der Waals surface area contributed by atoms with Crippen molar-refractivity contribution < 1.29 is 4.74 Å². The number of benzene rings is 1. The Morgan fingerprint density at radius 1 is 1.12 bits per heavy atom. The molecule has 1 aromatic carbocycles. The van der Waals surface area contributed by atoms with Crippen LogP contribution >= 0.6 is 43.5 Å². The fourth-order valence-electron chi connectivity index (χ4n) is 1.46. The molecule has 96 valence electrons. The summed E-state index contributed by atoms with van der Waals surface area (Å²) in [7, 11) is 0. The smallest absolute Gasteiger partial charge is 0.178 e. The Balaban J connectivity index is 2.36. The summed E-state index contributed by atoms with van der Waals surface area (Å²) in [6.45, 7) is 2.99. The van der Waals surface area contributed by atoms with Crippen molar-refractivity contribution in [2.45, 2.75) is 35.3 Å². The molecule has 0 fully saturated rings. The first-order valence-electron chi connectivity index (χ1n) is 5.84. The molecule has 0 aliphatic rings. The molecule has 1 aromatic rings. The molecule has 0 spiro atoms. The van der Waals surface area contributed by atoms with Gasteiger partial charge in [-0.25, -0.2) is 0 Å². The van der Waals surface area contributed by atoms with Crippen molar-refractivity contribution >= 4 is 43.5 Å². The molecule has 0 radical (unpaired) electrons. The van der Waals surface area contributed by atoms with Gasteiger partial charge in [0.05, 0.1) is 6.61 Å². The summed E-state index contributed by atoms with van der Waals surface area (Å²) >= 11 is 12.7. The Bertz CT molecular complexity index is 319. The molecule has 1 nitrogen and oxygen atoms in total. The summed E-state index contributed by atoms with van der Waals surface area (Å²) in [5.41, 5.74) is 0.956. The molecule has 17 heavy (non-hydrogen) atoms. The zero-order chi connectivity index (χ0) is 12.7. The van der Waals surface area contributed by atoms with Crippen LogP contribution in [0.1, 0.15) is 38.2 Å². The van der Waals surface area contributed by atoms with E-state index in [4.69, 9.17) is 16.3 Å². The van der Waals surface area contributed by atoms with Gasteiger partial charge >= 0.3 is 0 Å². The molecule has 0 bridgehead atoms. The summed E-state index contributed by atoms with van der Waals surface area (Å²) < 4.78 is 4.97. The van der Waals surface area contributed by atoms with Crippen molar-refractivity contribution in [2.24, 2.45) is 0 Å². The molecule has 1 rings (SSSR count). The quantitative estimate of drug-likeness (QED) is 0.427. The van der Waals surface area contributed by atoms with Gasteiger partial charge < -0.3 is 4.74 Å². The maximum Gasteiger partial charge on any atom is 0.178 e. The zero-order valence-corrected chi connectivity index (χ0v) is 13.8. The molecule has 0 unspecified atom stereocenters. The second kappa shape index (κ2) is 7.65. The minimum atomic E-state index is -0.681. The highest BCUT2D eigenvalue weighted by atomic mass is 79.9. The van der Waals surface area contributed by atoms with Gasteiger partial charge in [-0.2, -0.15) is 0 Å². The molecule has 0 aliphatic heterocycles. The molecule has 0 atom stereocenters. The SMILES string of the molecule is CCCCCCOc1ccc(C(Cl)(Br)Br)cc1. The van der Waals surface area contributed by atoms with E-state index in [2.05, 4.69) is 38.8 Å². The third-order valence-corrected chi connectivity index (χ3v) is 3.58. The molecular weight excluding hydrogens is 367 g/mol. The number of halogens is 3. The minimum absolute atomic E-state index is 0.681. The summed E-state index contributed by atoms with van der Waals surface area (Å²) in [5, 5.41) is 0. The number of ether oxygens (including phenoxy) is 1. The first kappa shape index (κ1) is 15.3. The van der Waals surface area contributed by atoms with Gasteiger partial charge in [0, 0.05) is 0 Å². The minimum Gasteiger partial charge on any atom is -0.494 e. The first-order valence-corrected chi connectivity index (χ1v) is 7.80. The predicted molar refractivity (Wildman–Crippen MR) is 81.5 cm³/mol. The van der Waals surface area contributed by atoms with Gasteiger partial charge in [-0.15, -0.1) is 0 Å². The fourth-order valence-corrected chi connectivity index (χ4v) is 2.11. The van der Waals surface area contributed by atoms with Crippen LogP contribution in [0.4, 0.5) is 0 Å². The van der Waals surface area contributed by atoms with Gasteiger partial charge in [0.2, 0.25) is 0 Å². The van der Waals surface area contributed by atoms with Crippen LogP contribution in [-0.4, -0.2) is 6.61 Å². The number of rotatable bonds is 7. The Morgan fingerprint density at radius 2 is 1.76 bits per heavy atom. The second-order valence-corrected chi connectivity index (χ2v) is 8.85. The Hall–Kier alpha value is 0.270. The van der Waals surface area contributed by atoms with E-state index in [1.165, 1.54) is 19.3 Å². The summed E-state index contributed by atoms with van der Waals surface area (Å²) in [5.74, 6) is 0.895. The monoisotopic (exact) mass is 382 g/mol. The number of hydrogen-bond donors (Lipinski definition) is 0. The molecule has 0 aliphatic carbocycles. The van der Waals surface area contributed by atoms with E-state index in [-0.39, 0.29) is 0 Å². The highest BCUT2D eigenvalue weighted by molar-refractivity contribution is 9.25. The van der Waals surface area contributed by atoms with Crippen LogP contribution in [0.15, 0.2) is 24.3 Å². The maximum atomic E-state index is 6.06. The second-order valence-electron chi connectivity index (χ2n) is 3.93. The van der Waals surface area contributed by atoms with Crippen molar-refractivity contribution in [2.75, 3.05) is 6.61 Å². The number of unbranched alkanes of at least 4 members (excludes halogenated alkanes) is 3. The van der Waals surface area contributed by atoms with Crippen molar-refractivity contribution in [3.05, 3.63) is 29.8 Å². The first-order chi connectivity index (χ1) is 8.04. The van der Waals surface area contributed by atoms with Gasteiger partial charge in [0.15, 0.2) is 2.69 Å². The summed E-state index contributed by atoms with van der Waals surface area (Å²) in [4.78, 5) is 0. The number of alkyl halides is 3. The zero-order valence-electron chi connectivity index (χ0n) is 9.89. The fraction of sp³-hybridized carbons (Fsp3) is 0.538. The molecule has 0 saturated heterocycles. The summed E-state index contributed by atoms with van der Waals surface area (Å²) in [6, 6.07) is 7.76. The lowest BCUT2D eigenvalue weighted by Gasteiger charge is -2.13. The third kappa shape index (κ3) is 6.12. The highest BCUT2D eigenvalue weighted by Crippen LogP contribution is 2.42. The Morgan fingerprint density at radius 3 is 2.29 bits per heavy atom. The van der Waals surface area contributed by atoms with Gasteiger partial charge in [0.1, 0.15) is 5.75 Å². The molecule has 0 heterocycles. The van der Waals surface area contributed by atoms with Crippen LogP contribution < -0.4 is 4.74 Å². The topological polar surface area (TPSA) is 9.23 Å². The molecule has 4 heteroatoms. The molecule has 0 N–H and O–H groups in total. The molecule has 0 saturated carbocycles. The molecule has 0 aromatic heterocycles. The van der Waals surface area contributed by atoms with E-state index in [0.717, 1.165) is 24.3 Å². The molecular formula is C13H17Br2ClO. The summed E-state index contributed by atoms with van der Waals surface area (Å²) in [6.07, 6.45) is 4.89. The van der Waals surface area contributed by atoms with Crippen LogP contribution in [0.3, 0.4) is 0 Å². The van der Waals surface area contributed by atoms with E-state index >= 15 is 0 Å². The van der Waals surface area contributed by atoms with E-state index in [1.807, 2.05) is 24.3 Å². The van der Waals surface area contributed by atoms with E-state index in [0.29, 0.717) is 0 Å². The van der Waals surface area contributed by atoms with Crippen molar-refractivity contribution in [3.63, 3.8) is 0 Å². The average Bonchev–Trinajstić information content (AvgIpc) is 2.28. The Kier molecular flexibility index (Phi) is 6.90. The van der Waals surface area contributed by atoms with E-state index in [1.54, 1.807) is 0 Å². The van der Waals surface area contributed by atoms with Crippen molar-refractivity contribution in [1.82, 2.24) is 0 Å². The largest absolute Gasteiger partial charge is 0.494 e. The van der Waals surface area contributed by atoms with Crippen LogP contribution in [-0.2, 0) is 2.69 Å². The van der Waals surface area contributed by atoms with Crippen molar-refractivity contribution in [1.29, 1.82) is 0 Å². The Labute approximate surface area is 125 Å². The predicted octanol–water partition coefficient (Wildman–Crippen LogP) is 5.78. The van der Waals surface area contributed by atoms with Gasteiger partial charge in [-0.3, -0.25) is 0 Å². The number of hydrogen-bond acceptors (Lipinski definition) is 1. The van der Waals surface area contributed by atoms with Crippen LogP contribution in [0, 0.1) is 0 Å². The average molecular weight is 385 g/mol. The van der Waals surface area contributed by atoms with Crippen molar-refractivity contribution in [3.8, 4) is 5.75 Å².